The average Bonchev–Trinajstić information content (AvgIpc) is 3.50. The van der Waals surface area contributed by atoms with Gasteiger partial charge in [-0.2, -0.15) is 20.5 Å². The minimum Gasteiger partial charge on any atom is -0.339 e. The molecule has 5 heterocycles. The number of hydrogen-bond acceptors (Lipinski definition) is 8. The number of aromatic nitrogens is 8. The summed E-state index contributed by atoms with van der Waals surface area (Å²) in [6, 6.07) is 7.47. The number of fused-ring (bicyclic) bond motifs is 3. The molecular formula is C21H24N10. The van der Waals surface area contributed by atoms with E-state index in [2.05, 4.69) is 53.0 Å². The van der Waals surface area contributed by atoms with Gasteiger partial charge in [-0.1, -0.05) is 6.42 Å². The maximum Gasteiger partial charge on any atom is 0.245 e. The molecule has 2 aliphatic heterocycles. The van der Waals surface area contributed by atoms with Crippen molar-refractivity contribution in [3.63, 3.8) is 0 Å². The second-order valence-corrected chi connectivity index (χ2v) is 8.47. The van der Waals surface area contributed by atoms with Gasteiger partial charge in [0.2, 0.25) is 5.95 Å². The van der Waals surface area contributed by atoms with Crippen LogP contribution in [0.15, 0.2) is 36.8 Å². The summed E-state index contributed by atoms with van der Waals surface area (Å²) in [6.07, 6.45) is 11.5. The van der Waals surface area contributed by atoms with E-state index in [0.29, 0.717) is 29.8 Å². The second kappa shape index (κ2) is 7.38. The molecule has 2 fully saturated rings. The molecule has 3 aromatic heterocycles. The molecule has 0 spiro atoms. The monoisotopic (exact) mass is 416 g/mol. The normalized spacial score (nSPS) is 23.2. The van der Waals surface area contributed by atoms with Crippen LogP contribution in [0.3, 0.4) is 0 Å². The molecule has 10 heteroatoms. The largest absolute Gasteiger partial charge is 0.339 e. The van der Waals surface area contributed by atoms with Crippen molar-refractivity contribution < 1.29 is 0 Å². The van der Waals surface area contributed by atoms with Crippen molar-refractivity contribution in [3.05, 3.63) is 36.8 Å². The van der Waals surface area contributed by atoms with Gasteiger partial charge in [-0.3, -0.25) is 0 Å². The standard InChI is InChI=1S/C21H24N10/c1-30(15-10-13-4-2-5-14(11-15)24-13)21-22-12-17(25-28-21)16-6-7-18(31-9-3-8-23-31)20-19(16)26-29-27-20/h3,6-9,12-15,24H,2,4-5,10-11H2,1H3,(H,26,27,29)/t13-,14+,15?. The molecule has 1 aromatic carbocycles. The van der Waals surface area contributed by atoms with E-state index >= 15 is 0 Å². The molecule has 2 saturated heterocycles. The Morgan fingerprint density at radius 1 is 1.06 bits per heavy atom. The lowest BCUT2D eigenvalue weighted by Crippen LogP contribution is -2.54. The summed E-state index contributed by atoms with van der Waals surface area (Å²) >= 11 is 0. The zero-order chi connectivity index (χ0) is 20.8. The van der Waals surface area contributed by atoms with Gasteiger partial charge in [0.05, 0.1) is 11.9 Å². The zero-order valence-electron chi connectivity index (χ0n) is 17.3. The lowest BCUT2D eigenvalue weighted by molar-refractivity contribution is 0.218. The van der Waals surface area contributed by atoms with E-state index in [-0.39, 0.29) is 0 Å². The van der Waals surface area contributed by atoms with Gasteiger partial charge in [0.25, 0.3) is 0 Å². The number of piperidine rings is 2. The molecule has 6 rings (SSSR count). The topological polar surface area (TPSA) is 113 Å². The molecule has 2 N–H and O–H groups in total. The van der Waals surface area contributed by atoms with Crippen molar-refractivity contribution in [2.45, 2.75) is 50.2 Å². The number of anilines is 1. The smallest absolute Gasteiger partial charge is 0.245 e. The highest BCUT2D eigenvalue weighted by Crippen LogP contribution is 2.31. The highest BCUT2D eigenvalue weighted by Gasteiger charge is 2.33. The van der Waals surface area contributed by atoms with E-state index in [0.717, 1.165) is 35.1 Å². The Balaban J connectivity index is 1.28. The quantitative estimate of drug-likeness (QED) is 0.520. The Bertz CT molecular complexity index is 1170. The molecule has 2 bridgehead atoms. The molecule has 0 radical (unpaired) electrons. The summed E-state index contributed by atoms with van der Waals surface area (Å²) in [4.78, 5) is 6.83. The van der Waals surface area contributed by atoms with Gasteiger partial charge in [-0.05, 0) is 43.9 Å². The SMILES string of the molecule is CN(c1ncc(-c2ccc(-n3cccn3)c3n[nH]nc23)nn1)C1C[C@H]2CCC[C@@H](C1)N2. The minimum atomic E-state index is 0.444. The van der Waals surface area contributed by atoms with Crippen LogP contribution in [0.2, 0.25) is 0 Å². The van der Waals surface area contributed by atoms with E-state index in [4.69, 9.17) is 0 Å². The maximum atomic E-state index is 4.64. The first-order chi connectivity index (χ1) is 15.3. The van der Waals surface area contributed by atoms with Crippen molar-refractivity contribution in [2.24, 2.45) is 0 Å². The van der Waals surface area contributed by atoms with Gasteiger partial charge in [0.1, 0.15) is 16.7 Å². The molecule has 0 aliphatic carbocycles. The van der Waals surface area contributed by atoms with Crippen molar-refractivity contribution in [3.8, 4) is 16.9 Å². The number of rotatable bonds is 4. The molecule has 0 amide bonds. The van der Waals surface area contributed by atoms with Gasteiger partial charge in [0, 0.05) is 43.1 Å². The van der Waals surface area contributed by atoms with Crippen LogP contribution in [0.25, 0.3) is 28.0 Å². The highest BCUT2D eigenvalue weighted by atomic mass is 15.3. The van der Waals surface area contributed by atoms with Crippen LogP contribution in [0.1, 0.15) is 32.1 Å². The molecule has 0 saturated carbocycles. The number of nitrogens with one attached hydrogen (secondary N) is 2. The van der Waals surface area contributed by atoms with Crippen LogP contribution in [0.4, 0.5) is 5.95 Å². The van der Waals surface area contributed by atoms with E-state index in [9.17, 15) is 0 Å². The Morgan fingerprint density at radius 3 is 2.65 bits per heavy atom. The number of hydrogen-bond donors (Lipinski definition) is 2. The fraction of sp³-hybridized carbons (Fsp3) is 0.429. The first-order valence-electron chi connectivity index (χ1n) is 10.8. The first-order valence-corrected chi connectivity index (χ1v) is 10.8. The van der Waals surface area contributed by atoms with Crippen LogP contribution in [-0.2, 0) is 0 Å². The summed E-state index contributed by atoms with van der Waals surface area (Å²) < 4.78 is 1.77. The summed E-state index contributed by atoms with van der Waals surface area (Å²) in [5.74, 6) is 0.665. The molecule has 4 aromatic rings. The van der Waals surface area contributed by atoms with Gasteiger partial charge < -0.3 is 10.2 Å². The van der Waals surface area contributed by atoms with Crippen molar-refractivity contribution in [2.75, 3.05) is 11.9 Å². The van der Waals surface area contributed by atoms with Crippen LogP contribution in [0.5, 0.6) is 0 Å². The Kier molecular flexibility index (Phi) is 4.37. The van der Waals surface area contributed by atoms with E-state index < -0.39 is 0 Å². The summed E-state index contributed by atoms with van der Waals surface area (Å²) in [5, 5.41) is 28.4. The van der Waals surface area contributed by atoms with Crippen LogP contribution >= 0.6 is 0 Å². The molecule has 2 aliphatic rings. The fourth-order valence-electron chi connectivity index (χ4n) is 4.99. The third-order valence-corrected chi connectivity index (χ3v) is 6.58. The molecule has 3 atom stereocenters. The van der Waals surface area contributed by atoms with Crippen LogP contribution in [0, 0.1) is 0 Å². The van der Waals surface area contributed by atoms with E-state index in [1.807, 2.05) is 24.4 Å². The Morgan fingerprint density at radius 2 is 1.90 bits per heavy atom. The average molecular weight is 416 g/mol. The highest BCUT2D eigenvalue weighted by molar-refractivity contribution is 5.94. The summed E-state index contributed by atoms with van der Waals surface area (Å²) in [6.45, 7) is 0. The maximum absolute atomic E-state index is 4.64. The molecule has 1 unspecified atom stereocenters. The van der Waals surface area contributed by atoms with Gasteiger partial charge in [0.15, 0.2) is 0 Å². The summed E-state index contributed by atoms with van der Waals surface area (Å²) in [5.41, 5.74) is 3.81. The Labute approximate surface area is 179 Å². The third kappa shape index (κ3) is 3.23. The van der Waals surface area contributed by atoms with E-state index in [1.165, 1.54) is 19.3 Å². The molecule has 10 nitrogen and oxygen atoms in total. The van der Waals surface area contributed by atoms with Crippen molar-refractivity contribution in [1.82, 2.24) is 45.7 Å². The van der Waals surface area contributed by atoms with Crippen LogP contribution in [-0.4, -0.2) is 65.5 Å². The minimum absolute atomic E-state index is 0.444. The number of benzene rings is 1. The predicted octanol–water partition coefficient (Wildman–Crippen LogP) is 2.10. The number of nitrogens with zero attached hydrogens (tertiary/aromatic N) is 8. The van der Waals surface area contributed by atoms with E-state index in [1.54, 1.807) is 17.1 Å². The predicted molar refractivity (Wildman–Crippen MR) is 116 cm³/mol. The number of aromatic amines is 1. The lowest BCUT2D eigenvalue weighted by atomic mass is 9.83. The molecule has 31 heavy (non-hydrogen) atoms. The third-order valence-electron chi connectivity index (χ3n) is 6.58. The number of H-pyrrole nitrogens is 1. The fourth-order valence-corrected chi connectivity index (χ4v) is 4.99. The van der Waals surface area contributed by atoms with Crippen molar-refractivity contribution in [1.29, 1.82) is 0 Å². The second-order valence-electron chi connectivity index (χ2n) is 8.47. The lowest BCUT2D eigenvalue weighted by Gasteiger charge is -2.43. The van der Waals surface area contributed by atoms with Gasteiger partial charge in [-0.15, -0.1) is 10.2 Å². The Hall–Kier alpha value is -3.40. The van der Waals surface area contributed by atoms with Crippen molar-refractivity contribution >= 4 is 17.0 Å². The van der Waals surface area contributed by atoms with Gasteiger partial charge >= 0.3 is 0 Å². The first kappa shape index (κ1) is 18.4. The zero-order valence-corrected chi connectivity index (χ0v) is 17.3. The van der Waals surface area contributed by atoms with Gasteiger partial charge in [-0.25, -0.2) is 9.67 Å². The molecule has 158 valence electrons. The summed E-state index contributed by atoms with van der Waals surface area (Å²) in [7, 11) is 2.08. The van der Waals surface area contributed by atoms with Crippen LogP contribution < -0.4 is 10.2 Å². The molecular weight excluding hydrogens is 392 g/mol.